The van der Waals surface area contributed by atoms with E-state index in [4.69, 9.17) is 4.42 Å². The van der Waals surface area contributed by atoms with Gasteiger partial charge in [-0.05, 0) is 12.1 Å². The van der Waals surface area contributed by atoms with Crippen molar-refractivity contribution in [2.24, 2.45) is 0 Å². The van der Waals surface area contributed by atoms with Crippen LogP contribution < -0.4 is 21.5 Å². The van der Waals surface area contributed by atoms with Gasteiger partial charge >= 0.3 is 0 Å². The molecule has 160 valence electrons. The number of ketones is 1. The normalized spacial score (nSPS) is 11.8. The minimum Gasteiger partial charge on any atom is -1.00 e. The van der Waals surface area contributed by atoms with Crippen molar-refractivity contribution in [2.75, 3.05) is 0 Å². The van der Waals surface area contributed by atoms with Crippen LogP contribution >= 0.6 is 0 Å². The molecule has 1 unspecified atom stereocenters. The Kier molecular flexibility index (Phi) is 6.37. The van der Waals surface area contributed by atoms with Gasteiger partial charge in [-0.3, -0.25) is 4.79 Å². The highest BCUT2D eigenvalue weighted by Gasteiger charge is 2.31. The van der Waals surface area contributed by atoms with Crippen LogP contribution in [-0.2, 0) is 6.54 Å². The number of carbonyl (C=O) groups excluding carboxylic acids is 1. The Morgan fingerprint density at radius 3 is 2.31 bits per heavy atom. The van der Waals surface area contributed by atoms with Gasteiger partial charge in [-0.2, -0.15) is 0 Å². The molecule has 2 heterocycles. The molecule has 0 saturated heterocycles. The molecule has 1 atom stereocenters. The topological polar surface area (TPSA) is 39.0 Å². The maximum Gasteiger partial charge on any atom is 0.254 e. The summed E-state index contributed by atoms with van der Waals surface area (Å²) in [4.78, 5) is 13.5. The number of nitrogens with zero attached hydrogens (tertiary/aromatic N) is 2. The molecule has 0 aliphatic heterocycles. The third kappa shape index (κ3) is 4.16. The minimum atomic E-state index is -0.430. The summed E-state index contributed by atoms with van der Waals surface area (Å²) in [5.41, 5.74) is 2.55. The number of hydrogen-bond donors (Lipinski definition) is 0. The molecule has 0 radical (unpaired) electrons. The Morgan fingerprint density at radius 1 is 0.938 bits per heavy atom. The van der Waals surface area contributed by atoms with Gasteiger partial charge in [-0.1, -0.05) is 78.9 Å². The summed E-state index contributed by atoms with van der Waals surface area (Å²) in [5.74, 6) is 1.94. The number of carbonyl (C=O) groups is 1. The van der Waals surface area contributed by atoms with Crippen LogP contribution in [0.3, 0.4) is 0 Å². The Morgan fingerprint density at radius 2 is 1.59 bits per heavy atom. The third-order valence-corrected chi connectivity index (χ3v) is 5.70. The first-order chi connectivity index (χ1) is 15.2. The van der Waals surface area contributed by atoms with Gasteiger partial charge in [0.15, 0.2) is 6.04 Å². The number of hydrogen-bond acceptors (Lipinski definition) is 2. The van der Waals surface area contributed by atoms with E-state index in [2.05, 4.69) is 16.7 Å². The second-order valence-corrected chi connectivity index (χ2v) is 7.67. The average molecular weight is 487 g/mol. The van der Waals surface area contributed by atoms with Gasteiger partial charge in [0, 0.05) is 23.4 Å². The lowest BCUT2D eigenvalue weighted by molar-refractivity contribution is -0.695. The number of imidazole rings is 1. The SMILES string of the molecule is Cc1n(C(C(=O)c2ccccc2)c2ccccc2)cc[n+]1Cc1cc2ccccc2o1.[Br-]. The number of rotatable bonds is 6. The maximum atomic E-state index is 13.5. The highest BCUT2D eigenvalue weighted by molar-refractivity contribution is 6.00. The molecular weight excluding hydrogens is 464 g/mol. The predicted octanol–water partition coefficient (Wildman–Crippen LogP) is 2.35. The van der Waals surface area contributed by atoms with Gasteiger partial charge < -0.3 is 21.4 Å². The van der Waals surface area contributed by atoms with E-state index in [0.717, 1.165) is 28.1 Å². The van der Waals surface area contributed by atoms with Crippen molar-refractivity contribution in [1.29, 1.82) is 0 Å². The van der Waals surface area contributed by atoms with Crippen molar-refractivity contribution in [1.82, 2.24) is 4.57 Å². The fraction of sp³-hybridized carbons (Fsp3) is 0.111. The summed E-state index contributed by atoms with van der Waals surface area (Å²) in [6.07, 6.45) is 3.99. The van der Waals surface area contributed by atoms with Crippen LogP contribution in [0, 0.1) is 6.92 Å². The van der Waals surface area contributed by atoms with E-state index in [9.17, 15) is 4.79 Å². The number of Topliss-reactive ketones (excluding diaryl/α,β-unsaturated/α-hetero) is 1. The van der Waals surface area contributed by atoms with Crippen LogP contribution in [-0.4, -0.2) is 10.4 Å². The van der Waals surface area contributed by atoms with Crippen LogP contribution in [0.2, 0.25) is 0 Å². The van der Waals surface area contributed by atoms with E-state index in [1.54, 1.807) is 0 Å². The zero-order chi connectivity index (χ0) is 21.2. The van der Waals surface area contributed by atoms with E-state index in [0.29, 0.717) is 12.1 Å². The van der Waals surface area contributed by atoms with Crippen molar-refractivity contribution >= 4 is 16.8 Å². The monoisotopic (exact) mass is 486 g/mol. The molecule has 0 saturated carbocycles. The lowest BCUT2D eigenvalue weighted by Gasteiger charge is -2.15. The minimum absolute atomic E-state index is 0. The molecule has 5 heteroatoms. The summed E-state index contributed by atoms with van der Waals surface area (Å²) in [6.45, 7) is 2.64. The Labute approximate surface area is 197 Å². The van der Waals surface area contributed by atoms with Gasteiger partial charge in [0.25, 0.3) is 5.82 Å². The van der Waals surface area contributed by atoms with Crippen molar-refractivity contribution in [3.8, 4) is 0 Å². The molecular formula is C27H23BrN2O2. The van der Waals surface area contributed by atoms with Crippen LogP contribution in [0.15, 0.2) is 108 Å². The first-order valence-electron chi connectivity index (χ1n) is 10.4. The van der Waals surface area contributed by atoms with Gasteiger partial charge in [-0.15, -0.1) is 0 Å². The second-order valence-electron chi connectivity index (χ2n) is 7.67. The summed E-state index contributed by atoms with van der Waals surface area (Å²) in [7, 11) is 0. The molecule has 2 aromatic heterocycles. The van der Waals surface area contributed by atoms with Crippen molar-refractivity contribution < 1.29 is 30.8 Å². The van der Waals surface area contributed by atoms with E-state index < -0.39 is 6.04 Å². The number of furan rings is 1. The average Bonchev–Trinajstić information content (AvgIpc) is 3.39. The first-order valence-corrected chi connectivity index (χ1v) is 10.4. The standard InChI is InChI=1S/C27H23N2O2.BrH/c1-20-28(19-24-18-23-14-8-9-15-25(23)31-24)16-17-29(20)26(21-10-4-2-5-11-21)27(30)22-12-6-3-7-13-22;/h2-18,26H,19H2,1H3;1H/q+1;/p-1. The molecule has 3 aromatic carbocycles. The zero-order valence-corrected chi connectivity index (χ0v) is 19.3. The lowest BCUT2D eigenvalue weighted by Crippen LogP contribution is -3.00. The molecule has 0 bridgehead atoms. The summed E-state index contributed by atoms with van der Waals surface area (Å²) >= 11 is 0. The molecule has 4 nitrogen and oxygen atoms in total. The molecule has 0 aliphatic rings. The quantitative estimate of drug-likeness (QED) is 0.273. The van der Waals surface area contributed by atoms with Gasteiger partial charge in [-0.25, -0.2) is 9.13 Å². The van der Waals surface area contributed by atoms with Gasteiger partial charge in [0.2, 0.25) is 5.78 Å². The third-order valence-electron chi connectivity index (χ3n) is 5.70. The van der Waals surface area contributed by atoms with Crippen LogP contribution in [0.25, 0.3) is 11.0 Å². The second kappa shape index (κ2) is 9.37. The largest absolute Gasteiger partial charge is 1.00 e. The number of aromatic nitrogens is 2. The summed E-state index contributed by atoms with van der Waals surface area (Å²) in [5, 5.41) is 1.09. The highest BCUT2D eigenvalue weighted by Crippen LogP contribution is 2.25. The molecule has 0 aliphatic carbocycles. The summed E-state index contributed by atoms with van der Waals surface area (Å²) < 4.78 is 10.2. The summed E-state index contributed by atoms with van der Waals surface area (Å²) in [6, 6.07) is 29.1. The molecule has 0 amide bonds. The van der Waals surface area contributed by atoms with Gasteiger partial charge in [0.1, 0.15) is 30.3 Å². The molecule has 0 N–H and O–H groups in total. The molecule has 0 spiro atoms. The van der Waals surface area contributed by atoms with E-state index in [1.165, 1.54) is 0 Å². The van der Waals surface area contributed by atoms with Gasteiger partial charge in [0.05, 0.1) is 0 Å². The van der Waals surface area contributed by atoms with E-state index >= 15 is 0 Å². The first kappa shape index (κ1) is 21.8. The van der Waals surface area contributed by atoms with Crippen LogP contribution in [0.5, 0.6) is 0 Å². The maximum absolute atomic E-state index is 13.5. The van der Waals surface area contributed by atoms with Crippen molar-refractivity contribution in [2.45, 2.75) is 19.5 Å². The van der Waals surface area contributed by atoms with Crippen molar-refractivity contribution in [3.05, 3.63) is 126 Å². The molecule has 5 rings (SSSR count). The predicted molar refractivity (Wildman–Crippen MR) is 120 cm³/mol. The molecule has 0 fully saturated rings. The van der Waals surface area contributed by atoms with Crippen LogP contribution in [0.1, 0.15) is 33.5 Å². The molecule has 5 aromatic rings. The Balaban J connectivity index is 0.00000245. The smallest absolute Gasteiger partial charge is 0.254 e. The number of fused-ring (bicyclic) bond motifs is 1. The van der Waals surface area contributed by atoms with Crippen molar-refractivity contribution in [3.63, 3.8) is 0 Å². The lowest BCUT2D eigenvalue weighted by atomic mass is 9.97. The zero-order valence-electron chi connectivity index (χ0n) is 17.7. The number of benzene rings is 3. The highest BCUT2D eigenvalue weighted by atomic mass is 79.9. The number of halogens is 1. The van der Waals surface area contributed by atoms with E-state index in [-0.39, 0.29) is 22.8 Å². The van der Waals surface area contributed by atoms with E-state index in [1.807, 2.05) is 103 Å². The number of para-hydroxylation sites is 1. The Bertz CT molecular complexity index is 1310. The molecule has 32 heavy (non-hydrogen) atoms. The Hall–Kier alpha value is -3.44. The fourth-order valence-corrected chi connectivity index (χ4v) is 4.07. The van der Waals surface area contributed by atoms with Crippen LogP contribution in [0.4, 0.5) is 0 Å². The fourth-order valence-electron chi connectivity index (χ4n) is 4.07.